The van der Waals surface area contributed by atoms with Crippen molar-refractivity contribution in [3.05, 3.63) is 36.0 Å². The fraction of sp³-hybridized carbons (Fsp3) is 0.385. The van der Waals surface area contributed by atoms with Crippen molar-refractivity contribution in [3.63, 3.8) is 0 Å². The number of rotatable bonds is 7. The van der Waals surface area contributed by atoms with Gasteiger partial charge in [-0.3, -0.25) is 0 Å². The summed E-state index contributed by atoms with van der Waals surface area (Å²) < 4.78 is 25.4. The first kappa shape index (κ1) is 14.0. The van der Waals surface area contributed by atoms with Crippen LogP contribution in [0.1, 0.15) is 12.5 Å². The van der Waals surface area contributed by atoms with E-state index in [0.29, 0.717) is 19.6 Å². The fourth-order valence-corrected chi connectivity index (χ4v) is 3.00. The molecule has 0 radical (unpaired) electrons. The quantitative estimate of drug-likeness (QED) is 0.668. The highest BCUT2D eigenvalue weighted by Gasteiger charge is 2.08. The molecule has 104 valence electrons. The van der Waals surface area contributed by atoms with Crippen molar-refractivity contribution in [2.45, 2.75) is 13.5 Å². The minimum Gasteiger partial charge on any atom is -0.361 e. The molecule has 0 aliphatic carbocycles. The summed E-state index contributed by atoms with van der Waals surface area (Å²) in [4.78, 5) is 3.20. The number of hydrogen-bond acceptors (Lipinski definition) is 3. The first-order valence-corrected chi connectivity index (χ1v) is 8.00. The molecular weight excluding hydrogens is 262 g/mol. The maximum atomic E-state index is 11.4. The van der Waals surface area contributed by atoms with E-state index in [-0.39, 0.29) is 5.75 Å². The molecule has 2 rings (SSSR count). The van der Waals surface area contributed by atoms with E-state index in [1.807, 2.05) is 24.4 Å². The molecule has 0 saturated heterocycles. The van der Waals surface area contributed by atoms with Crippen molar-refractivity contribution >= 4 is 20.9 Å². The Morgan fingerprint density at radius 2 is 2.05 bits per heavy atom. The zero-order valence-corrected chi connectivity index (χ0v) is 11.8. The molecule has 3 N–H and O–H groups in total. The molecule has 0 saturated carbocycles. The molecule has 5 nitrogen and oxygen atoms in total. The topological polar surface area (TPSA) is 74.0 Å². The molecule has 0 aliphatic rings. The van der Waals surface area contributed by atoms with Gasteiger partial charge >= 0.3 is 0 Å². The third kappa shape index (κ3) is 3.79. The standard InChI is InChI=1S/C13H19N3O2S/c1-2-16-19(17,18)8-7-14-9-11-10-15-13-6-4-3-5-12(11)13/h3-6,10,14-16H,2,7-9H2,1H3. The Balaban J connectivity index is 1.86. The van der Waals surface area contributed by atoms with Gasteiger partial charge in [-0.15, -0.1) is 0 Å². The number of benzene rings is 1. The van der Waals surface area contributed by atoms with E-state index in [2.05, 4.69) is 21.1 Å². The van der Waals surface area contributed by atoms with Crippen LogP contribution in [0, 0.1) is 0 Å². The van der Waals surface area contributed by atoms with E-state index >= 15 is 0 Å². The minimum absolute atomic E-state index is 0.100. The number of nitrogens with one attached hydrogen (secondary N) is 3. The molecule has 0 fully saturated rings. The van der Waals surface area contributed by atoms with Crippen LogP contribution in [0.4, 0.5) is 0 Å². The average Bonchev–Trinajstić information content (AvgIpc) is 2.78. The number of aromatic amines is 1. The first-order chi connectivity index (χ1) is 9.12. The zero-order valence-electron chi connectivity index (χ0n) is 10.9. The minimum atomic E-state index is -3.14. The molecule has 0 atom stereocenters. The maximum Gasteiger partial charge on any atom is 0.212 e. The summed E-state index contributed by atoms with van der Waals surface area (Å²) in [6.45, 7) is 3.31. The van der Waals surface area contributed by atoms with E-state index in [9.17, 15) is 8.42 Å². The molecule has 0 unspecified atom stereocenters. The second-order valence-corrected chi connectivity index (χ2v) is 6.28. The highest BCUT2D eigenvalue weighted by atomic mass is 32.2. The average molecular weight is 281 g/mol. The third-order valence-electron chi connectivity index (χ3n) is 2.90. The monoisotopic (exact) mass is 281 g/mol. The van der Waals surface area contributed by atoms with Crippen LogP contribution in [0.15, 0.2) is 30.5 Å². The van der Waals surface area contributed by atoms with Gasteiger partial charge in [-0.2, -0.15) is 0 Å². The highest BCUT2D eigenvalue weighted by Crippen LogP contribution is 2.16. The molecule has 0 bridgehead atoms. The normalized spacial score (nSPS) is 12.1. The van der Waals surface area contributed by atoms with Crippen molar-refractivity contribution in [3.8, 4) is 0 Å². The van der Waals surface area contributed by atoms with Gasteiger partial charge in [0.2, 0.25) is 10.0 Å². The second kappa shape index (κ2) is 6.18. The summed E-state index contributed by atoms with van der Waals surface area (Å²) in [5.41, 5.74) is 2.25. The van der Waals surface area contributed by atoms with Crippen LogP contribution in [-0.4, -0.2) is 32.2 Å². The summed E-state index contributed by atoms with van der Waals surface area (Å²) >= 11 is 0. The van der Waals surface area contributed by atoms with Gasteiger partial charge < -0.3 is 10.3 Å². The summed E-state index contributed by atoms with van der Waals surface area (Å²) in [5, 5.41) is 4.33. The Morgan fingerprint density at radius 1 is 1.26 bits per heavy atom. The van der Waals surface area contributed by atoms with Crippen LogP contribution >= 0.6 is 0 Å². The Hall–Kier alpha value is -1.37. The van der Waals surface area contributed by atoms with Crippen molar-refractivity contribution < 1.29 is 8.42 Å². The summed E-state index contributed by atoms with van der Waals surface area (Å²) in [6, 6.07) is 8.06. The summed E-state index contributed by atoms with van der Waals surface area (Å²) in [6.07, 6.45) is 1.95. The first-order valence-electron chi connectivity index (χ1n) is 6.35. The lowest BCUT2D eigenvalue weighted by Crippen LogP contribution is -2.31. The molecule has 0 aliphatic heterocycles. The lowest BCUT2D eigenvalue weighted by atomic mass is 10.2. The molecule has 19 heavy (non-hydrogen) atoms. The number of hydrogen-bond donors (Lipinski definition) is 3. The smallest absolute Gasteiger partial charge is 0.212 e. The van der Waals surface area contributed by atoms with Crippen LogP contribution in [0.3, 0.4) is 0 Å². The molecule has 6 heteroatoms. The molecule has 1 heterocycles. The van der Waals surface area contributed by atoms with Gasteiger partial charge in [0.15, 0.2) is 0 Å². The molecular formula is C13H19N3O2S. The molecule has 0 amide bonds. The van der Waals surface area contributed by atoms with Crippen molar-refractivity contribution in [1.29, 1.82) is 0 Å². The fourth-order valence-electron chi connectivity index (χ4n) is 2.00. The van der Waals surface area contributed by atoms with Crippen LogP contribution in [0.2, 0.25) is 0 Å². The van der Waals surface area contributed by atoms with Gasteiger partial charge in [-0.05, 0) is 11.6 Å². The summed E-state index contributed by atoms with van der Waals surface area (Å²) in [5.74, 6) is 0.100. The number of fused-ring (bicyclic) bond motifs is 1. The van der Waals surface area contributed by atoms with Gasteiger partial charge in [0.1, 0.15) is 0 Å². The predicted octanol–water partition coefficient (Wildman–Crippen LogP) is 1.20. The Kier molecular flexibility index (Phi) is 4.57. The lowest BCUT2D eigenvalue weighted by molar-refractivity contribution is 0.579. The zero-order chi connectivity index (χ0) is 13.7. The maximum absolute atomic E-state index is 11.4. The molecule has 0 spiro atoms. The molecule has 1 aromatic heterocycles. The van der Waals surface area contributed by atoms with Gasteiger partial charge in [0.05, 0.1) is 5.75 Å². The second-order valence-electron chi connectivity index (χ2n) is 4.35. The van der Waals surface area contributed by atoms with Crippen LogP contribution < -0.4 is 10.0 Å². The Labute approximate surface area is 113 Å². The largest absolute Gasteiger partial charge is 0.361 e. The Bertz CT molecular complexity index is 634. The third-order valence-corrected chi connectivity index (χ3v) is 4.37. The van der Waals surface area contributed by atoms with Gasteiger partial charge in [-0.1, -0.05) is 25.1 Å². The highest BCUT2D eigenvalue weighted by molar-refractivity contribution is 7.89. The van der Waals surface area contributed by atoms with Gasteiger partial charge in [-0.25, -0.2) is 13.1 Å². The summed E-state index contributed by atoms with van der Waals surface area (Å²) in [7, 11) is -3.14. The van der Waals surface area contributed by atoms with E-state index in [1.54, 1.807) is 6.92 Å². The van der Waals surface area contributed by atoms with E-state index in [4.69, 9.17) is 0 Å². The van der Waals surface area contributed by atoms with Crippen LogP contribution in [0.25, 0.3) is 10.9 Å². The van der Waals surface area contributed by atoms with E-state index < -0.39 is 10.0 Å². The van der Waals surface area contributed by atoms with Gasteiger partial charge in [0.25, 0.3) is 0 Å². The Morgan fingerprint density at radius 3 is 2.84 bits per heavy atom. The SMILES string of the molecule is CCNS(=O)(=O)CCNCc1c[nH]c2ccccc12. The number of aromatic nitrogens is 1. The van der Waals surface area contributed by atoms with Crippen LogP contribution in [0.5, 0.6) is 0 Å². The molecule has 1 aromatic carbocycles. The van der Waals surface area contributed by atoms with Crippen molar-refractivity contribution in [1.82, 2.24) is 15.0 Å². The van der Waals surface area contributed by atoms with E-state index in [0.717, 1.165) is 11.1 Å². The van der Waals surface area contributed by atoms with E-state index in [1.165, 1.54) is 5.39 Å². The van der Waals surface area contributed by atoms with Crippen molar-refractivity contribution in [2.75, 3.05) is 18.8 Å². The van der Waals surface area contributed by atoms with Crippen LogP contribution in [-0.2, 0) is 16.6 Å². The predicted molar refractivity (Wildman–Crippen MR) is 77.5 cm³/mol. The lowest BCUT2D eigenvalue weighted by Gasteiger charge is -2.05. The number of para-hydroxylation sites is 1. The van der Waals surface area contributed by atoms with Gasteiger partial charge in [0, 0.05) is 36.7 Å². The van der Waals surface area contributed by atoms with Crippen molar-refractivity contribution in [2.24, 2.45) is 0 Å². The number of H-pyrrole nitrogens is 1. The number of sulfonamides is 1. The molecule has 2 aromatic rings.